The van der Waals surface area contributed by atoms with E-state index in [1.807, 2.05) is 0 Å². The molecule has 0 bridgehead atoms. The molecule has 3 saturated heterocycles. The monoisotopic (exact) mass is 1210 g/mol. The van der Waals surface area contributed by atoms with Crippen LogP contribution in [0.4, 0.5) is 0 Å². The molecule has 3 aliphatic heterocycles. The Morgan fingerprint density at radius 2 is 0.845 bits per heavy atom. The fraction of sp³-hybridized carbons (Fsp3) is 0.968. The van der Waals surface area contributed by atoms with Gasteiger partial charge in [-0.3, -0.25) is 9.59 Å². The first kappa shape index (κ1) is 76.5. The van der Waals surface area contributed by atoms with Crippen LogP contribution in [0, 0.1) is 0 Å². The zero-order valence-electron chi connectivity index (χ0n) is 51.5. The van der Waals surface area contributed by atoms with Crippen molar-refractivity contribution in [3.63, 3.8) is 0 Å². The van der Waals surface area contributed by atoms with Crippen molar-refractivity contribution in [2.45, 2.75) is 355 Å². The summed E-state index contributed by atoms with van der Waals surface area (Å²) in [5.41, 5.74) is 0. The lowest BCUT2D eigenvalue weighted by atomic mass is 9.96. The SMILES string of the molecule is CCCCCCCCCCCCCCCCCCCCC[C@@H](O)C(=O)N[C@@H](CO[C@H]1O[C@H](CO[C@@H]2O[C@H](CO)[C@H](O)[C@H](O)[C@H]2NC(C)=O)[C@H](O)[C@H](O)[C@H]1O[C@H]1O[C@H](CO)[C@H](O)[C@H](O)[C@H]1O)[C@H](O)[C@H](O)CCCCCCCCCCCCCCC. The van der Waals surface area contributed by atoms with Crippen LogP contribution in [0.25, 0.3) is 0 Å². The van der Waals surface area contributed by atoms with Gasteiger partial charge < -0.3 is 100 Å². The number of aliphatic hydroxyl groups excluding tert-OH is 12. The third-order valence-electron chi connectivity index (χ3n) is 17.0. The van der Waals surface area contributed by atoms with Gasteiger partial charge in [0.05, 0.1) is 38.6 Å². The maximum Gasteiger partial charge on any atom is 0.249 e. The molecule has 0 unspecified atom stereocenters. The van der Waals surface area contributed by atoms with E-state index < -0.39 is 155 Å². The summed E-state index contributed by atoms with van der Waals surface area (Å²) in [6, 6.07) is -2.82. The zero-order valence-corrected chi connectivity index (χ0v) is 51.5. The second-order valence-corrected chi connectivity index (χ2v) is 24.3. The van der Waals surface area contributed by atoms with Gasteiger partial charge >= 0.3 is 0 Å². The summed E-state index contributed by atoms with van der Waals surface area (Å²) in [7, 11) is 0. The number of unbranched alkanes of at least 4 members (excludes halogenated alkanes) is 30. The van der Waals surface area contributed by atoms with E-state index in [9.17, 15) is 70.9 Å². The van der Waals surface area contributed by atoms with Crippen LogP contribution in [-0.4, -0.2) is 216 Å². The predicted octanol–water partition coefficient (Wildman–Crippen LogP) is 4.47. The Morgan fingerprint density at radius 3 is 1.29 bits per heavy atom. The van der Waals surface area contributed by atoms with Crippen LogP contribution >= 0.6 is 0 Å². The second kappa shape index (κ2) is 45.5. The highest BCUT2D eigenvalue weighted by molar-refractivity contribution is 5.80. The first-order chi connectivity index (χ1) is 40.5. The van der Waals surface area contributed by atoms with Gasteiger partial charge in [-0.1, -0.05) is 219 Å². The van der Waals surface area contributed by atoms with E-state index in [0.717, 1.165) is 58.3 Å². The Bertz CT molecular complexity index is 1640. The molecule has 19 atom stereocenters. The minimum absolute atomic E-state index is 0.130. The van der Waals surface area contributed by atoms with Crippen molar-refractivity contribution in [3.8, 4) is 0 Å². The molecule has 0 aliphatic carbocycles. The maximum absolute atomic E-state index is 13.7. The highest BCUT2D eigenvalue weighted by Gasteiger charge is 2.52. The van der Waals surface area contributed by atoms with Crippen molar-refractivity contribution >= 4 is 11.8 Å². The fourth-order valence-electron chi connectivity index (χ4n) is 11.5. The van der Waals surface area contributed by atoms with Crippen LogP contribution in [0.5, 0.6) is 0 Å². The first-order valence-corrected chi connectivity index (χ1v) is 33.0. The van der Waals surface area contributed by atoms with E-state index >= 15 is 0 Å². The average molecular weight is 1210 g/mol. The van der Waals surface area contributed by atoms with Gasteiger partial charge in [0.2, 0.25) is 11.8 Å². The van der Waals surface area contributed by atoms with E-state index in [1.54, 1.807) is 0 Å². The van der Waals surface area contributed by atoms with Crippen molar-refractivity contribution in [2.75, 3.05) is 26.4 Å². The minimum atomic E-state index is -2.01. The summed E-state index contributed by atoms with van der Waals surface area (Å²) in [4.78, 5) is 25.8. The molecule has 3 fully saturated rings. The number of nitrogens with one attached hydrogen (secondary N) is 2. The normalized spacial score (nSPS) is 29.8. The molecule has 3 heterocycles. The van der Waals surface area contributed by atoms with Crippen molar-refractivity contribution in [1.29, 1.82) is 0 Å². The molecule has 0 radical (unpaired) electrons. The molecule has 22 nitrogen and oxygen atoms in total. The van der Waals surface area contributed by atoms with E-state index in [0.29, 0.717) is 12.8 Å². The Hall–Kier alpha value is -1.78. The summed E-state index contributed by atoms with van der Waals surface area (Å²) in [6.07, 6.45) is 8.59. The number of ether oxygens (including phenoxy) is 6. The molecule has 3 aliphatic rings. The number of hydrogen-bond donors (Lipinski definition) is 14. The molecule has 496 valence electrons. The van der Waals surface area contributed by atoms with Gasteiger partial charge in [0.1, 0.15) is 85.4 Å². The molecular weight excluding hydrogens is 1090 g/mol. The molecule has 0 saturated carbocycles. The van der Waals surface area contributed by atoms with Crippen LogP contribution in [0.15, 0.2) is 0 Å². The molecule has 14 N–H and O–H groups in total. The smallest absolute Gasteiger partial charge is 0.249 e. The lowest BCUT2D eigenvalue weighted by Gasteiger charge is -2.47. The van der Waals surface area contributed by atoms with Crippen LogP contribution in [0.2, 0.25) is 0 Å². The van der Waals surface area contributed by atoms with Crippen LogP contribution in [0.3, 0.4) is 0 Å². The molecule has 0 aromatic rings. The number of aliphatic hydroxyl groups is 12. The average Bonchev–Trinajstić information content (AvgIpc) is 2.70. The van der Waals surface area contributed by atoms with Gasteiger partial charge in [0, 0.05) is 6.92 Å². The summed E-state index contributed by atoms with van der Waals surface area (Å²) in [6.45, 7) is 2.67. The minimum Gasteiger partial charge on any atom is -0.394 e. The highest BCUT2D eigenvalue weighted by atomic mass is 16.8. The number of rotatable bonds is 49. The van der Waals surface area contributed by atoms with Crippen molar-refractivity contribution in [1.82, 2.24) is 10.6 Å². The molecule has 3 rings (SSSR count). The largest absolute Gasteiger partial charge is 0.394 e. The van der Waals surface area contributed by atoms with E-state index in [4.69, 9.17) is 28.4 Å². The summed E-state index contributed by atoms with van der Waals surface area (Å²) in [5, 5.41) is 136. The Kier molecular flexibility index (Phi) is 41.4. The van der Waals surface area contributed by atoms with Crippen molar-refractivity contribution in [2.24, 2.45) is 0 Å². The number of amides is 2. The van der Waals surface area contributed by atoms with Gasteiger partial charge in [-0.15, -0.1) is 0 Å². The first-order valence-electron chi connectivity index (χ1n) is 33.0. The van der Waals surface area contributed by atoms with Gasteiger partial charge in [-0.2, -0.15) is 0 Å². The van der Waals surface area contributed by atoms with E-state index in [1.165, 1.54) is 141 Å². The maximum atomic E-state index is 13.7. The summed E-state index contributed by atoms with van der Waals surface area (Å²) in [5.74, 6) is -1.48. The summed E-state index contributed by atoms with van der Waals surface area (Å²) >= 11 is 0. The zero-order chi connectivity index (χ0) is 61.7. The molecule has 84 heavy (non-hydrogen) atoms. The highest BCUT2D eigenvalue weighted by Crippen LogP contribution is 2.32. The number of carbonyl (C=O) groups is 2. The molecule has 0 aromatic heterocycles. The number of hydrogen-bond acceptors (Lipinski definition) is 20. The van der Waals surface area contributed by atoms with Gasteiger partial charge in [0.25, 0.3) is 0 Å². The van der Waals surface area contributed by atoms with Crippen molar-refractivity contribution < 1.29 is 99.3 Å². The lowest BCUT2D eigenvalue weighted by molar-refractivity contribution is -0.371. The van der Waals surface area contributed by atoms with Gasteiger partial charge in [-0.05, 0) is 12.8 Å². The van der Waals surface area contributed by atoms with E-state index in [2.05, 4.69) is 24.5 Å². The number of carbonyl (C=O) groups excluding carboxylic acids is 2. The topological polar surface area (TPSA) is 356 Å². The standard InChI is InChI=1S/C62H118N2O20/c1-4-6-8-10-12-14-16-18-19-20-21-22-23-25-27-29-31-33-35-37-45(69)59(78)64-43(50(70)44(68)36-34-32-30-28-26-24-17-15-13-11-9-7-5-2)40-79-62-58(84-61-57(77)55(75)52(72)47(39-66)82-61)56(76)53(73)48(83-62)41-80-60-49(63-42(3)67)54(74)51(71)46(38-65)81-60/h43-58,60-62,65-66,68-77H,4-41H2,1-3H3,(H,63,67)(H,64,78)/t43-,44+,45+,46+,47+,48+,49+,50-,51-,52-,53-,54+,55-,56-,57+,58+,60+,61+,62-/m0/s1. The van der Waals surface area contributed by atoms with Gasteiger partial charge in [0.15, 0.2) is 18.9 Å². The Balaban J connectivity index is 1.68. The molecule has 0 spiro atoms. The molecule has 0 aromatic carbocycles. The van der Waals surface area contributed by atoms with Crippen LogP contribution in [-0.2, 0) is 38.0 Å². The fourth-order valence-corrected chi connectivity index (χ4v) is 11.5. The Morgan fingerprint density at radius 1 is 0.452 bits per heavy atom. The second-order valence-electron chi connectivity index (χ2n) is 24.3. The van der Waals surface area contributed by atoms with E-state index in [-0.39, 0.29) is 12.8 Å². The Labute approximate surface area is 502 Å². The predicted molar refractivity (Wildman–Crippen MR) is 315 cm³/mol. The third kappa shape index (κ3) is 28.8. The summed E-state index contributed by atoms with van der Waals surface area (Å²) < 4.78 is 35.3. The molecular formula is C62H118N2O20. The molecule has 22 heteroatoms. The van der Waals surface area contributed by atoms with Crippen LogP contribution < -0.4 is 10.6 Å². The lowest BCUT2D eigenvalue weighted by Crippen LogP contribution is -2.66. The quantitative estimate of drug-likeness (QED) is 0.0374. The third-order valence-corrected chi connectivity index (χ3v) is 17.0. The van der Waals surface area contributed by atoms with Crippen molar-refractivity contribution in [3.05, 3.63) is 0 Å². The van der Waals surface area contributed by atoms with Crippen LogP contribution in [0.1, 0.15) is 239 Å². The van der Waals surface area contributed by atoms with Gasteiger partial charge in [-0.25, -0.2) is 0 Å². The molecule has 2 amide bonds.